The number of amides is 1. The van der Waals surface area contributed by atoms with Crippen LogP contribution in [0, 0.1) is 5.82 Å². The lowest BCUT2D eigenvalue weighted by Crippen LogP contribution is -2.42. The lowest BCUT2D eigenvalue weighted by molar-refractivity contribution is -0.123. The maximum Gasteiger partial charge on any atom is 0.237 e. The van der Waals surface area contributed by atoms with Gasteiger partial charge in [-0.2, -0.15) is 0 Å². The average Bonchev–Trinajstić information content (AvgIpc) is 2.52. The largest absolute Gasteiger partial charge is 0.344 e. The molecule has 0 aliphatic rings. The second-order valence-corrected chi connectivity index (χ2v) is 5.88. The number of benzene rings is 2. The minimum atomic E-state index is -0.588. The molecular weight excluding hydrogens is 350 g/mol. The van der Waals surface area contributed by atoms with Crippen molar-refractivity contribution in [2.45, 2.75) is 31.8 Å². The van der Waals surface area contributed by atoms with Gasteiger partial charge in [0.2, 0.25) is 5.91 Å². The molecule has 6 heteroatoms. The summed E-state index contributed by atoms with van der Waals surface area (Å²) in [5, 5.41) is 3.45. The summed E-state index contributed by atoms with van der Waals surface area (Å²) in [6, 6.07) is 12.2. The van der Waals surface area contributed by atoms with E-state index in [4.69, 9.17) is 17.3 Å². The first-order chi connectivity index (χ1) is 11.0. The fourth-order valence-corrected chi connectivity index (χ4v) is 2.62. The highest BCUT2D eigenvalue weighted by Crippen LogP contribution is 2.25. The first-order valence-corrected chi connectivity index (χ1v) is 7.96. The van der Waals surface area contributed by atoms with E-state index >= 15 is 0 Å². The summed E-state index contributed by atoms with van der Waals surface area (Å²) in [7, 11) is 0. The first-order valence-electron chi connectivity index (χ1n) is 7.58. The topological polar surface area (TPSA) is 55.1 Å². The van der Waals surface area contributed by atoms with Crippen LogP contribution in [0.1, 0.15) is 36.9 Å². The van der Waals surface area contributed by atoms with Crippen LogP contribution in [0.3, 0.4) is 0 Å². The molecule has 2 rings (SSSR count). The van der Waals surface area contributed by atoms with Crippen LogP contribution in [0.5, 0.6) is 0 Å². The third-order valence-corrected chi connectivity index (χ3v) is 3.82. The molecule has 0 saturated carbocycles. The summed E-state index contributed by atoms with van der Waals surface area (Å²) in [6.07, 6.45) is 1.41. The van der Waals surface area contributed by atoms with E-state index in [0.29, 0.717) is 17.0 Å². The van der Waals surface area contributed by atoms with Crippen molar-refractivity contribution in [2.75, 3.05) is 0 Å². The lowest BCUT2D eigenvalue weighted by Gasteiger charge is -2.22. The van der Waals surface area contributed by atoms with Crippen molar-refractivity contribution in [1.29, 1.82) is 0 Å². The predicted octanol–water partition coefficient (Wildman–Crippen LogP) is 4.23. The summed E-state index contributed by atoms with van der Waals surface area (Å²) in [4.78, 5) is 12.3. The Morgan fingerprint density at radius 2 is 1.83 bits per heavy atom. The summed E-state index contributed by atoms with van der Waals surface area (Å²) < 4.78 is 13.6. The van der Waals surface area contributed by atoms with Crippen molar-refractivity contribution in [3.05, 3.63) is 70.5 Å². The Hall–Kier alpha value is -1.62. The van der Waals surface area contributed by atoms with Gasteiger partial charge >= 0.3 is 0 Å². The third-order valence-electron chi connectivity index (χ3n) is 3.59. The number of hydrogen-bond donors (Lipinski definition) is 2. The van der Waals surface area contributed by atoms with E-state index in [-0.39, 0.29) is 24.1 Å². The molecule has 1 amide bonds. The van der Waals surface area contributed by atoms with Gasteiger partial charge in [0.25, 0.3) is 0 Å². The zero-order chi connectivity index (χ0) is 16.8. The molecule has 0 heterocycles. The number of hydrogen-bond acceptors (Lipinski definition) is 2. The van der Waals surface area contributed by atoms with Gasteiger partial charge in [-0.3, -0.25) is 4.79 Å². The molecule has 3 nitrogen and oxygen atoms in total. The molecule has 24 heavy (non-hydrogen) atoms. The molecule has 3 N–H and O–H groups in total. The maximum absolute atomic E-state index is 13.6. The molecule has 2 unspecified atom stereocenters. The molecule has 130 valence electrons. The van der Waals surface area contributed by atoms with Crippen LogP contribution in [0.15, 0.2) is 48.5 Å². The van der Waals surface area contributed by atoms with Crippen LogP contribution in [-0.4, -0.2) is 11.9 Å². The summed E-state index contributed by atoms with van der Waals surface area (Å²) in [5.74, 6) is -0.622. The smallest absolute Gasteiger partial charge is 0.237 e. The monoisotopic (exact) mass is 370 g/mol. The Kier molecular flexibility index (Phi) is 8.19. The zero-order valence-corrected chi connectivity index (χ0v) is 14.9. The Morgan fingerprint density at radius 1 is 1.21 bits per heavy atom. The normalized spacial score (nSPS) is 12.8. The van der Waals surface area contributed by atoms with Crippen LogP contribution in [0.2, 0.25) is 5.02 Å². The van der Waals surface area contributed by atoms with Crippen molar-refractivity contribution >= 4 is 29.9 Å². The molecule has 0 fully saturated rings. The number of carbonyl (C=O) groups is 1. The average molecular weight is 371 g/mol. The Bertz CT molecular complexity index is 636. The van der Waals surface area contributed by atoms with E-state index in [1.165, 1.54) is 12.1 Å². The van der Waals surface area contributed by atoms with Gasteiger partial charge in [0.05, 0.1) is 12.1 Å². The van der Waals surface area contributed by atoms with Gasteiger partial charge in [0.1, 0.15) is 5.82 Å². The quantitative estimate of drug-likeness (QED) is 0.798. The number of carbonyl (C=O) groups excluding carboxylic acids is 1. The van der Waals surface area contributed by atoms with Crippen molar-refractivity contribution in [1.82, 2.24) is 5.32 Å². The minimum absolute atomic E-state index is 0. The standard InChI is InChI=1S/C18H20ClFN2O.ClH/c1-2-5-16(21)18(23)22-17(12-6-3-8-14(19)10-12)13-7-4-9-15(20)11-13;/h3-4,6-11,16-17H,2,5,21H2,1H3,(H,22,23);1H. The van der Waals surface area contributed by atoms with Crippen molar-refractivity contribution in [3.63, 3.8) is 0 Å². The van der Waals surface area contributed by atoms with Crippen molar-refractivity contribution < 1.29 is 9.18 Å². The van der Waals surface area contributed by atoms with Gasteiger partial charge < -0.3 is 11.1 Å². The lowest BCUT2D eigenvalue weighted by atomic mass is 9.98. The van der Waals surface area contributed by atoms with Gasteiger partial charge in [-0.15, -0.1) is 12.4 Å². The molecule has 0 spiro atoms. The Balaban J connectivity index is 0.00000288. The summed E-state index contributed by atoms with van der Waals surface area (Å²) in [6.45, 7) is 1.97. The van der Waals surface area contributed by atoms with Crippen LogP contribution >= 0.6 is 24.0 Å². The minimum Gasteiger partial charge on any atom is -0.344 e. The molecule has 0 aliphatic carbocycles. The summed E-state index contributed by atoms with van der Waals surface area (Å²) in [5.41, 5.74) is 7.30. The molecule has 0 radical (unpaired) electrons. The molecule has 0 aliphatic heterocycles. The van der Waals surface area contributed by atoms with E-state index < -0.39 is 12.1 Å². The van der Waals surface area contributed by atoms with Gasteiger partial charge in [0.15, 0.2) is 0 Å². The van der Waals surface area contributed by atoms with Crippen LogP contribution in [0.4, 0.5) is 4.39 Å². The molecular formula is C18H21Cl2FN2O. The number of nitrogens with one attached hydrogen (secondary N) is 1. The maximum atomic E-state index is 13.6. The van der Waals surface area contributed by atoms with Gasteiger partial charge in [-0.25, -0.2) is 4.39 Å². The van der Waals surface area contributed by atoms with Crippen LogP contribution < -0.4 is 11.1 Å². The fraction of sp³-hybridized carbons (Fsp3) is 0.278. The fourth-order valence-electron chi connectivity index (χ4n) is 2.42. The Labute approximate surface area is 152 Å². The van der Waals surface area contributed by atoms with Crippen molar-refractivity contribution in [2.24, 2.45) is 5.73 Å². The van der Waals surface area contributed by atoms with Gasteiger partial charge in [-0.1, -0.05) is 49.2 Å². The Morgan fingerprint density at radius 3 is 2.42 bits per heavy atom. The first kappa shape index (κ1) is 20.4. The predicted molar refractivity (Wildman–Crippen MR) is 98.0 cm³/mol. The zero-order valence-electron chi connectivity index (χ0n) is 13.3. The van der Waals surface area contributed by atoms with E-state index in [0.717, 1.165) is 12.0 Å². The van der Waals surface area contributed by atoms with E-state index in [1.54, 1.807) is 30.3 Å². The second kappa shape index (κ2) is 9.62. The van der Waals surface area contributed by atoms with Gasteiger partial charge in [-0.05, 0) is 41.8 Å². The number of halogens is 3. The SMILES string of the molecule is CCCC(N)C(=O)NC(c1cccc(F)c1)c1cccc(Cl)c1.Cl. The molecule has 2 aromatic carbocycles. The van der Waals surface area contributed by atoms with E-state index in [2.05, 4.69) is 5.32 Å². The van der Waals surface area contributed by atoms with Crippen molar-refractivity contribution in [3.8, 4) is 0 Å². The number of nitrogens with two attached hydrogens (primary N) is 1. The highest BCUT2D eigenvalue weighted by molar-refractivity contribution is 6.30. The molecule has 0 bridgehead atoms. The van der Waals surface area contributed by atoms with Crippen LogP contribution in [0.25, 0.3) is 0 Å². The molecule has 2 atom stereocenters. The van der Waals surface area contributed by atoms with E-state index in [9.17, 15) is 9.18 Å². The molecule has 0 saturated heterocycles. The second-order valence-electron chi connectivity index (χ2n) is 5.45. The van der Waals surface area contributed by atoms with Gasteiger partial charge in [0, 0.05) is 5.02 Å². The highest BCUT2D eigenvalue weighted by Gasteiger charge is 2.21. The highest BCUT2D eigenvalue weighted by atomic mass is 35.5. The number of rotatable bonds is 6. The van der Waals surface area contributed by atoms with Crippen LogP contribution in [-0.2, 0) is 4.79 Å². The van der Waals surface area contributed by atoms with E-state index in [1.807, 2.05) is 13.0 Å². The molecule has 0 aromatic heterocycles. The summed E-state index contributed by atoms with van der Waals surface area (Å²) >= 11 is 6.05. The third kappa shape index (κ3) is 5.48. The molecule has 2 aromatic rings.